The van der Waals surface area contributed by atoms with Crippen LogP contribution in [0.4, 0.5) is 13.2 Å². The van der Waals surface area contributed by atoms with Gasteiger partial charge in [0.2, 0.25) is 0 Å². The molecule has 3 unspecified atom stereocenters. The molecule has 1 fully saturated rings. The Kier molecular flexibility index (Phi) is 4.00. The van der Waals surface area contributed by atoms with Gasteiger partial charge in [-0.1, -0.05) is 6.92 Å². The van der Waals surface area contributed by atoms with Crippen molar-refractivity contribution >= 4 is 0 Å². The number of alkyl halides is 3. The van der Waals surface area contributed by atoms with E-state index in [1.54, 1.807) is 0 Å². The van der Waals surface area contributed by atoms with Gasteiger partial charge in [0.05, 0.1) is 6.42 Å². The molecule has 0 radical (unpaired) electrons. The number of rotatable bonds is 2. The van der Waals surface area contributed by atoms with Gasteiger partial charge in [-0.2, -0.15) is 13.2 Å². The quantitative estimate of drug-likeness (QED) is 0.777. The second-order valence-corrected chi connectivity index (χ2v) is 4.45. The normalized spacial score (nSPS) is 34.4. The molecule has 0 saturated carbocycles. The van der Waals surface area contributed by atoms with Crippen LogP contribution in [0.15, 0.2) is 0 Å². The molecule has 1 aliphatic heterocycles. The average Bonchev–Trinajstić information content (AvgIpc) is 2.12. The molecule has 0 aromatic rings. The first kappa shape index (κ1) is 12.8. The van der Waals surface area contributed by atoms with E-state index in [0.717, 1.165) is 6.42 Å². The van der Waals surface area contributed by atoms with E-state index in [1.165, 1.54) is 0 Å². The molecule has 1 heterocycles. The fourth-order valence-electron chi connectivity index (χ4n) is 2.06. The lowest BCUT2D eigenvalue weighted by atomic mass is 9.87. The Bertz CT molecular complexity index is 205. The number of halogens is 3. The number of hydrogen-bond donors (Lipinski definition) is 1. The highest BCUT2D eigenvalue weighted by Gasteiger charge is 2.33. The van der Waals surface area contributed by atoms with Crippen molar-refractivity contribution < 1.29 is 13.2 Å². The minimum atomic E-state index is -4.05. The summed E-state index contributed by atoms with van der Waals surface area (Å²) in [6, 6.07) is 0.276. The number of likely N-dealkylation sites (tertiary alicyclic amines) is 1. The fourth-order valence-corrected chi connectivity index (χ4v) is 2.06. The molecule has 0 aliphatic carbocycles. The van der Waals surface area contributed by atoms with Crippen LogP contribution in [0.2, 0.25) is 0 Å². The largest absolute Gasteiger partial charge is 0.390 e. The van der Waals surface area contributed by atoms with E-state index in [1.807, 2.05) is 18.7 Å². The first-order valence-corrected chi connectivity index (χ1v) is 5.37. The molecule has 2 nitrogen and oxygen atoms in total. The van der Waals surface area contributed by atoms with E-state index >= 15 is 0 Å². The highest BCUT2D eigenvalue weighted by atomic mass is 19.4. The summed E-state index contributed by atoms with van der Waals surface area (Å²) in [4.78, 5) is 1.89. The zero-order valence-electron chi connectivity index (χ0n) is 9.22. The van der Waals surface area contributed by atoms with Gasteiger partial charge in [-0.15, -0.1) is 0 Å². The lowest BCUT2D eigenvalue weighted by Gasteiger charge is -2.41. The Hall–Kier alpha value is -0.290. The first-order valence-electron chi connectivity index (χ1n) is 5.37. The van der Waals surface area contributed by atoms with Crippen LogP contribution in [0.3, 0.4) is 0 Å². The second kappa shape index (κ2) is 4.70. The van der Waals surface area contributed by atoms with Gasteiger partial charge in [-0.25, -0.2) is 0 Å². The van der Waals surface area contributed by atoms with Crippen LogP contribution < -0.4 is 5.73 Å². The predicted octanol–water partition coefficient (Wildman–Crippen LogP) is 2.00. The second-order valence-electron chi connectivity index (χ2n) is 4.45. The maximum absolute atomic E-state index is 12.1. The number of nitrogens with zero attached hydrogens (tertiary/aromatic N) is 1. The molecule has 3 atom stereocenters. The van der Waals surface area contributed by atoms with Gasteiger partial charge < -0.3 is 5.73 Å². The maximum atomic E-state index is 12.1. The number of piperidine rings is 1. The Labute approximate surface area is 88.6 Å². The molecule has 0 spiro atoms. The van der Waals surface area contributed by atoms with Crippen molar-refractivity contribution in [2.24, 2.45) is 11.7 Å². The molecule has 15 heavy (non-hydrogen) atoms. The van der Waals surface area contributed by atoms with Crippen molar-refractivity contribution in [1.29, 1.82) is 0 Å². The monoisotopic (exact) mass is 224 g/mol. The Morgan fingerprint density at radius 2 is 1.93 bits per heavy atom. The van der Waals surface area contributed by atoms with E-state index in [4.69, 9.17) is 5.73 Å². The molecule has 5 heteroatoms. The van der Waals surface area contributed by atoms with Crippen LogP contribution in [0.1, 0.15) is 26.7 Å². The Morgan fingerprint density at radius 3 is 2.47 bits per heavy atom. The van der Waals surface area contributed by atoms with Crippen molar-refractivity contribution in [1.82, 2.24) is 4.90 Å². The van der Waals surface area contributed by atoms with Gasteiger partial charge in [-0.3, -0.25) is 4.90 Å². The van der Waals surface area contributed by atoms with Crippen molar-refractivity contribution in [3.8, 4) is 0 Å². The van der Waals surface area contributed by atoms with Crippen molar-refractivity contribution in [3.05, 3.63) is 0 Å². The summed E-state index contributed by atoms with van der Waals surface area (Å²) in [5, 5.41) is 0. The molecule has 1 rings (SSSR count). The lowest BCUT2D eigenvalue weighted by Crippen LogP contribution is -2.52. The van der Waals surface area contributed by atoms with Crippen LogP contribution in [0.5, 0.6) is 0 Å². The van der Waals surface area contributed by atoms with Gasteiger partial charge >= 0.3 is 6.18 Å². The average molecular weight is 224 g/mol. The summed E-state index contributed by atoms with van der Waals surface area (Å²) in [6.45, 7) is 4.75. The molecule has 0 amide bonds. The highest BCUT2D eigenvalue weighted by molar-refractivity contribution is 4.86. The molecular formula is C10H19F3N2. The summed E-state index contributed by atoms with van der Waals surface area (Å²) in [5.41, 5.74) is 5.86. The molecule has 0 aromatic carbocycles. The first-order chi connectivity index (χ1) is 6.81. The third-order valence-electron chi connectivity index (χ3n) is 3.44. The summed E-state index contributed by atoms with van der Waals surface area (Å²) in [6.07, 6.45) is -3.98. The molecule has 0 aromatic heterocycles. The molecule has 1 saturated heterocycles. The summed E-state index contributed by atoms with van der Waals surface area (Å²) >= 11 is 0. The van der Waals surface area contributed by atoms with E-state index in [0.29, 0.717) is 6.54 Å². The van der Waals surface area contributed by atoms with Crippen LogP contribution in [0.25, 0.3) is 0 Å². The lowest BCUT2D eigenvalue weighted by molar-refractivity contribution is -0.140. The summed E-state index contributed by atoms with van der Waals surface area (Å²) < 4.78 is 36.2. The van der Waals surface area contributed by atoms with Crippen LogP contribution in [-0.2, 0) is 0 Å². The van der Waals surface area contributed by atoms with Crippen LogP contribution in [-0.4, -0.2) is 36.2 Å². The molecule has 2 N–H and O–H groups in total. The minimum absolute atomic E-state index is 0.0989. The summed E-state index contributed by atoms with van der Waals surface area (Å²) in [7, 11) is 0. The van der Waals surface area contributed by atoms with Gasteiger partial charge in [0.25, 0.3) is 0 Å². The molecule has 90 valence electrons. The number of hydrogen-bond acceptors (Lipinski definition) is 2. The van der Waals surface area contributed by atoms with Gasteiger partial charge in [0, 0.05) is 18.6 Å². The van der Waals surface area contributed by atoms with Crippen molar-refractivity contribution in [2.45, 2.75) is 44.9 Å². The maximum Gasteiger partial charge on any atom is 0.390 e. The van der Waals surface area contributed by atoms with Crippen LogP contribution in [0, 0.1) is 5.92 Å². The van der Waals surface area contributed by atoms with Gasteiger partial charge in [-0.05, 0) is 25.8 Å². The Morgan fingerprint density at radius 1 is 1.33 bits per heavy atom. The minimum Gasteiger partial charge on any atom is -0.327 e. The van der Waals surface area contributed by atoms with Gasteiger partial charge in [0.1, 0.15) is 0 Å². The van der Waals surface area contributed by atoms with Crippen molar-refractivity contribution in [2.75, 3.05) is 13.1 Å². The van der Waals surface area contributed by atoms with Crippen LogP contribution >= 0.6 is 0 Å². The smallest absolute Gasteiger partial charge is 0.327 e. The zero-order chi connectivity index (χ0) is 11.6. The molecule has 1 aliphatic rings. The fraction of sp³-hybridized carbons (Fsp3) is 1.00. The third kappa shape index (κ3) is 3.65. The summed E-state index contributed by atoms with van der Waals surface area (Å²) in [5.74, 6) is 0.270. The predicted molar refractivity (Wildman–Crippen MR) is 53.5 cm³/mol. The zero-order valence-corrected chi connectivity index (χ0v) is 9.22. The number of nitrogens with two attached hydrogens (primary N) is 1. The highest BCUT2D eigenvalue weighted by Crippen LogP contribution is 2.25. The van der Waals surface area contributed by atoms with E-state index in [9.17, 15) is 13.2 Å². The third-order valence-corrected chi connectivity index (χ3v) is 3.44. The Balaban J connectivity index is 2.43. The molecular weight excluding hydrogens is 205 g/mol. The van der Waals surface area contributed by atoms with Gasteiger partial charge in [0.15, 0.2) is 0 Å². The molecule has 0 bridgehead atoms. The topological polar surface area (TPSA) is 29.3 Å². The van der Waals surface area contributed by atoms with E-state index in [-0.39, 0.29) is 24.5 Å². The van der Waals surface area contributed by atoms with Crippen molar-refractivity contribution in [3.63, 3.8) is 0 Å². The van der Waals surface area contributed by atoms with E-state index in [2.05, 4.69) is 0 Å². The standard InChI is InChI=1S/C10H19F3N2/c1-7-8(2)15(5-3-9(7)14)6-4-10(11,12)13/h7-9H,3-6,14H2,1-2H3. The van der Waals surface area contributed by atoms with E-state index < -0.39 is 12.6 Å². The SMILES string of the molecule is CC1C(N)CCN(CCC(F)(F)F)C1C.